The van der Waals surface area contributed by atoms with Crippen LogP contribution in [-0.4, -0.2) is 5.91 Å². The van der Waals surface area contributed by atoms with Crippen LogP contribution in [0.4, 0.5) is 5.00 Å². The van der Waals surface area contributed by atoms with Gasteiger partial charge in [0, 0.05) is 10.8 Å². The maximum Gasteiger partial charge on any atom is 0.228 e. The third kappa shape index (κ3) is 1.83. The first-order valence-corrected chi connectivity index (χ1v) is 6.26. The normalized spacial score (nSPS) is 15.3. The Morgan fingerprint density at radius 3 is 2.69 bits per heavy atom. The number of hydrogen-bond acceptors (Lipinski definition) is 3. The predicted molar refractivity (Wildman–Crippen MR) is 64.5 cm³/mol. The van der Waals surface area contributed by atoms with Gasteiger partial charge in [0.2, 0.25) is 5.91 Å². The minimum absolute atomic E-state index is 0.0731. The minimum Gasteiger partial charge on any atom is -0.316 e. The summed E-state index contributed by atoms with van der Waals surface area (Å²) in [7, 11) is 0. The van der Waals surface area contributed by atoms with Gasteiger partial charge in [0.1, 0.15) is 11.1 Å². The van der Waals surface area contributed by atoms with E-state index in [2.05, 4.69) is 11.4 Å². The molecule has 0 aromatic carbocycles. The first kappa shape index (κ1) is 11.2. The minimum atomic E-state index is 0.0731. The Labute approximate surface area is 99.1 Å². The van der Waals surface area contributed by atoms with Gasteiger partial charge in [-0.2, -0.15) is 5.26 Å². The summed E-state index contributed by atoms with van der Waals surface area (Å²) >= 11 is 1.49. The lowest BCUT2D eigenvalue weighted by molar-refractivity contribution is -0.122. The van der Waals surface area contributed by atoms with Gasteiger partial charge in [-0.25, -0.2) is 0 Å². The summed E-state index contributed by atoms with van der Waals surface area (Å²) in [6.07, 6.45) is 3.11. The van der Waals surface area contributed by atoms with E-state index in [4.69, 9.17) is 5.26 Å². The molecule has 1 amide bonds. The van der Waals surface area contributed by atoms with Crippen molar-refractivity contribution in [2.75, 3.05) is 5.32 Å². The Bertz CT molecular complexity index is 466. The second-order valence-corrected chi connectivity index (χ2v) is 5.44. The molecule has 1 N–H and O–H groups in total. The second-order valence-electron chi connectivity index (χ2n) is 4.22. The molecule has 0 saturated heterocycles. The van der Waals surface area contributed by atoms with E-state index < -0.39 is 0 Å². The smallest absolute Gasteiger partial charge is 0.228 e. The maximum absolute atomic E-state index is 11.8. The van der Waals surface area contributed by atoms with Crippen LogP contribution in [0.5, 0.6) is 0 Å². The van der Waals surface area contributed by atoms with Crippen molar-refractivity contribution in [1.82, 2.24) is 0 Å². The highest BCUT2D eigenvalue weighted by molar-refractivity contribution is 7.16. The van der Waals surface area contributed by atoms with Crippen molar-refractivity contribution in [3.05, 3.63) is 16.0 Å². The monoisotopic (exact) mass is 234 g/mol. The lowest BCUT2D eigenvalue weighted by atomic mass is 9.85. The Balaban J connectivity index is 2.18. The van der Waals surface area contributed by atoms with E-state index in [9.17, 15) is 4.79 Å². The summed E-state index contributed by atoms with van der Waals surface area (Å²) in [4.78, 5) is 12.9. The molecular formula is C12H14N2OS. The topological polar surface area (TPSA) is 52.9 Å². The van der Waals surface area contributed by atoms with E-state index in [1.54, 1.807) is 0 Å². The van der Waals surface area contributed by atoms with Crippen LogP contribution in [0.1, 0.15) is 35.3 Å². The standard InChI is InChI=1S/C12H14N2OS/c1-7-8(2)16-12(10(7)6-13)14-11(15)9-4-3-5-9/h9H,3-5H2,1-2H3,(H,14,15). The molecular weight excluding hydrogens is 220 g/mol. The molecule has 16 heavy (non-hydrogen) atoms. The lowest BCUT2D eigenvalue weighted by Gasteiger charge is -2.23. The van der Waals surface area contributed by atoms with Crippen LogP contribution in [0.2, 0.25) is 0 Å². The number of carbonyl (C=O) groups is 1. The maximum atomic E-state index is 11.8. The van der Waals surface area contributed by atoms with Crippen LogP contribution in [0.15, 0.2) is 0 Å². The van der Waals surface area contributed by atoms with Crippen LogP contribution < -0.4 is 5.32 Å². The Hall–Kier alpha value is -1.34. The van der Waals surface area contributed by atoms with Crippen LogP contribution in [-0.2, 0) is 4.79 Å². The summed E-state index contributed by atoms with van der Waals surface area (Å²) in [5.74, 6) is 0.234. The lowest BCUT2D eigenvalue weighted by Crippen LogP contribution is -2.27. The van der Waals surface area contributed by atoms with Crippen molar-refractivity contribution in [3.8, 4) is 6.07 Å². The number of rotatable bonds is 2. The highest BCUT2D eigenvalue weighted by atomic mass is 32.1. The third-order valence-electron chi connectivity index (χ3n) is 3.21. The van der Waals surface area contributed by atoms with Crippen molar-refractivity contribution >= 4 is 22.2 Å². The zero-order valence-corrected chi connectivity index (χ0v) is 10.3. The molecule has 3 nitrogen and oxygen atoms in total. The molecule has 84 valence electrons. The fourth-order valence-corrected chi connectivity index (χ4v) is 2.75. The van der Waals surface area contributed by atoms with Gasteiger partial charge in [0.05, 0.1) is 5.56 Å². The molecule has 1 saturated carbocycles. The van der Waals surface area contributed by atoms with E-state index in [1.165, 1.54) is 11.3 Å². The van der Waals surface area contributed by atoms with Gasteiger partial charge in [-0.15, -0.1) is 11.3 Å². The van der Waals surface area contributed by atoms with Crippen molar-refractivity contribution in [3.63, 3.8) is 0 Å². The van der Waals surface area contributed by atoms with Crippen molar-refractivity contribution in [1.29, 1.82) is 5.26 Å². The Morgan fingerprint density at radius 1 is 1.50 bits per heavy atom. The summed E-state index contributed by atoms with van der Waals surface area (Å²) in [5, 5.41) is 12.6. The number of nitrogens with one attached hydrogen (secondary N) is 1. The summed E-state index contributed by atoms with van der Waals surface area (Å²) in [6, 6.07) is 2.16. The first-order chi connectivity index (χ1) is 7.63. The molecule has 1 fully saturated rings. The fourth-order valence-electron chi connectivity index (χ4n) is 1.73. The highest BCUT2D eigenvalue weighted by Crippen LogP contribution is 2.34. The molecule has 0 spiro atoms. The quantitative estimate of drug-likeness (QED) is 0.855. The molecule has 0 radical (unpaired) electrons. The average molecular weight is 234 g/mol. The van der Waals surface area contributed by atoms with Crippen LogP contribution in [0.3, 0.4) is 0 Å². The van der Waals surface area contributed by atoms with Crippen LogP contribution in [0.25, 0.3) is 0 Å². The molecule has 1 heterocycles. The van der Waals surface area contributed by atoms with E-state index in [0.29, 0.717) is 5.56 Å². The number of carbonyl (C=O) groups excluding carboxylic acids is 1. The van der Waals surface area contributed by atoms with Gasteiger partial charge in [-0.05, 0) is 32.3 Å². The zero-order valence-electron chi connectivity index (χ0n) is 9.46. The van der Waals surface area contributed by atoms with Crippen LogP contribution >= 0.6 is 11.3 Å². The van der Waals surface area contributed by atoms with Crippen molar-refractivity contribution < 1.29 is 4.79 Å². The van der Waals surface area contributed by atoms with Crippen molar-refractivity contribution in [2.45, 2.75) is 33.1 Å². The molecule has 0 aliphatic heterocycles. The number of hydrogen-bond donors (Lipinski definition) is 1. The Morgan fingerprint density at radius 2 is 2.19 bits per heavy atom. The van der Waals surface area contributed by atoms with Crippen LogP contribution in [0, 0.1) is 31.1 Å². The molecule has 1 aliphatic rings. The largest absolute Gasteiger partial charge is 0.316 e. The van der Waals surface area contributed by atoms with Gasteiger partial charge in [0.25, 0.3) is 0 Å². The number of nitriles is 1. The third-order valence-corrected chi connectivity index (χ3v) is 4.33. The molecule has 0 atom stereocenters. The summed E-state index contributed by atoms with van der Waals surface area (Å²) in [6.45, 7) is 3.89. The van der Waals surface area contributed by atoms with Crippen molar-refractivity contribution in [2.24, 2.45) is 5.92 Å². The molecule has 0 bridgehead atoms. The highest BCUT2D eigenvalue weighted by Gasteiger charge is 2.26. The van der Waals surface area contributed by atoms with Gasteiger partial charge in [-0.3, -0.25) is 4.79 Å². The molecule has 0 unspecified atom stereocenters. The SMILES string of the molecule is Cc1sc(NC(=O)C2CCC2)c(C#N)c1C. The van der Waals surface area contributed by atoms with E-state index in [0.717, 1.165) is 34.7 Å². The molecule has 2 rings (SSSR count). The molecule has 1 aromatic heterocycles. The number of amides is 1. The molecule has 1 aliphatic carbocycles. The second kappa shape index (κ2) is 4.26. The van der Waals surface area contributed by atoms with Gasteiger partial charge in [-0.1, -0.05) is 6.42 Å². The van der Waals surface area contributed by atoms with Gasteiger partial charge < -0.3 is 5.32 Å². The van der Waals surface area contributed by atoms with Gasteiger partial charge in [0.15, 0.2) is 0 Å². The number of nitrogens with zero attached hydrogens (tertiary/aromatic N) is 1. The predicted octanol–water partition coefficient (Wildman–Crippen LogP) is 2.98. The average Bonchev–Trinajstić information content (AvgIpc) is 2.39. The molecule has 1 aromatic rings. The zero-order chi connectivity index (χ0) is 11.7. The summed E-state index contributed by atoms with van der Waals surface area (Å²) in [5.41, 5.74) is 1.60. The number of aryl methyl sites for hydroxylation is 1. The van der Waals surface area contributed by atoms with E-state index >= 15 is 0 Å². The van der Waals surface area contributed by atoms with E-state index in [1.807, 2.05) is 13.8 Å². The van der Waals surface area contributed by atoms with E-state index in [-0.39, 0.29) is 11.8 Å². The summed E-state index contributed by atoms with van der Waals surface area (Å²) < 4.78 is 0. The molecule has 4 heteroatoms. The fraction of sp³-hybridized carbons (Fsp3) is 0.500. The first-order valence-electron chi connectivity index (χ1n) is 5.44. The van der Waals surface area contributed by atoms with Gasteiger partial charge >= 0.3 is 0 Å². The number of thiophene rings is 1. The Kier molecular flexibility index (Phi) is 2.97. The number of anilines is 1.